The molecule has 0 spiro atoms. The van der Waals surface area contributed by atoms with E-state index in [9.17, 15) is 0 Å². The highest BCUT2D eigenvalue weighted by molar-refractivity contribution is 7.34. The number of hydrogen-bond donors (Lipinski definition) is 0. The molecule has 0 bridgehead atoms. The van der Waals surface area contributed by atoms with Gasteiger partial charge in [-0.3, -0.25) is 0 Å². The summed E-state index contributed by atoms with van der Waals surface area (Å²) in [7, 11) is -2.02. The number of aryl methyl sites for hydroxylation is 4. The first-order valence-electron chi connectivity index (χ1n) is 31.5. The quantitative estimate of drug-likeness (QED) is 0.0282. The van der Waals surface area contributed by atoms with Crippen LogP contribution in [0.5, 0.6) is 0 Å². The molecule has 6 aromatic rings. The normalized spacial score (nSPS) is 15.2. The molecule has 0 saturated carbocycles. The molecule has 2 nitrogen and oxygen atoms in total. The fourth-order valence-corrected chi connectivity index (χ4v) is 27.6. The lowest BCUT2D eigenvalue weighted by Crippen LogP contribution is -2.56. The lowest BCUT2D eigenvalue weighted by molar-refractivity contribution is 0.469. The maximum absolute atomic E-state index is 5.52. The molecule has 2 unspecified atom stereocenters. The summed E-state index contributed by atoms with van der Waals surface area (Å²) in [5.74, 6) is 1.64. The average molecular weight is 1140 g/mol. The molecule has 75 heavy (non-hydrogen) atoms. The highest BCUT2D eigenvalue weighted by atomic mass is 32.1. The third-order valence-corrected chi connectivity index (χ3v) is 30.0. The zero-order chi connectivity index (χ0) is 52.8. The van der Waals surface area contributed by atoms with Crippen LogP contribution in [-0.4, -0.2) is 18.0 Å². The van der Waals surface area contributed by atoms with E-state index in [0.29, 0.717) is 0 Å². The second kappa shape index (κ2) is 32.7. The smallest absolute Gasteiger partial charge is 0.155 e. The molecule has 1 aliphatic rings. The lowest BCUT2D eigenvalue weighted by atomic mass is 10.0. The van der Waals surface area contributed by atoms with E-state index in [1.807, 2.05) is 44.4 Å². The van der Waals surface area contributed by atoms with Crippen LogP contribution in [0, 0.1) is 25.7 Å². The van der Waals surface area contributed by atoms with E-state index in [4.69, 9.17) is 9.97 Å². The van der Waals surface area contributed by atoms with Crippen LogP contribution in [-0.2, 0) is 12.8 Å². The van der Waals surface area contributed by atoms with Crippen LogP contribution in [0.4, 0.5) is 0 Å². The second-order valence-electron chi connectivity index (χ2n) is 23.4. The number of fused-ring (bicyclic) bond motifs is 4. The van der Waals surface area contributed by atoms with E-state index in [1.54, 1.807) is 9.75 Å². The van der Waals surface area contributed by atoms with Crippen molar-refractivity contribution in [2.24, 2.45) is 11.8 Å². The summed E-state index contributed by atoms with van der Waals surface area (Å²) in [4.78, 5) is 25.3. The number of nitrogens with zero attached hydrogens (tertiary/aromatic N) is 2. The number of hydrogen-bond acceptors (Lipinski definition) is 8. The van der Waals surface area contributed by atoms with Gasteiger partial charge in [-0.2, -0.15) is 0 Å². The molecule has 0 aliphatic carbocycles. The van der Waals surface area contributed by atoms with Gasteiger partial charge in [-0.1, -0.05) is 257 Å². The van der Waals surface area contributed by atoms with E-state index in [0.717, 1.165) is 27.9 Å². The standard InChI is InChI=1S/C66H102N2S6Si/c1-9-15-19-21-23-25-27-29-31-33-35-37-41-53-43-49(7)69-59(53)63-67-65-66(73-63)68-64(74-65)60-54(42-38-36-34-32-30-28-26-24-22-20-16-10-2)45-55(71-60)56-46-58-62(72-56)61-57(44-50(8)70-61)75(58,47-51(13-5)39-17-11-3)48-52(14-6)40-18-12-4/h43-46,51-52H,9-42,47-48H2,1-8H3. The van der Waals surface area contributed by atoms with Gasteiger partial charge in [0.1, 0.15) is 18.1 Å². The van der Waals surface area contributed by atoms with Crippen molar-refractivity contribution in [3.05, 3.63) is 45.1 Å². The molecule has 0 aromatic carbocycles. The third kappa shape index (κ3) is 17.3. The van der Waals surface area contributed by atoms with E-state index in [1.165, 1.54) is 274 Å². The third-order valence-electron chi connectivity index (χ3n) is 17.1. The molecular formula is C66H102N2S6Si. The topological polar surface area (TPSA) is 25.8 Å². The van der Waals surface area contributed by atoms with Crippen LogP contribution in [0.1, 0.15) is 268 Å². The van der Waals surface area contributed by atoms with Crippen molar-refractivity contribution in [2.75, 3.05) is 0 Å². The van der Waals surface area contributed by atoms with Crippen molar-refractivity contribution in [1.29, 1.82) is 0 Å². The molecule has 9 heteroatoms. The summed E-state index contributed by atoms with van der Waals surface area (Å²) in [6, 6.07) is 13.5. The summed E-state index contributed by atoms with van der Waals surface area (Å²) in [6.45, 7) is 19.1. The van der Waals surface area contributed by atoms with Gasteiger partial charge in [0.25, 0.3) is 0 Å². The number of unbranched alkanes of at least 4 members (excludes halogenated alkanes) is 24. The van der Waals surface area contributed by atoms with Crippen molar-refractivity contribution < 1.29 is 0 Å². The molecule has 1 aliphatic heterocycles. The summed E-state index contributed by atoms with van der Waals surface area (Å²) < 4.78 is 0. The Morgan fingerprint density at radius 2 is 0.733 bits per heavy atom. The van der Waals surface area contributed by atoms with Crippen LogP contribution >= 0.6 is 68.0 Å². The second-order valence-corrected chi connectivity index (χ2v) is 34.0. The first kappa shape index (κ1) is 61.2. The predicted octanol–water partition coefficient (Wildman–Crippen LogP) is 24.1. The van der Waals surface area contributed by atoms with Gasteiger partial charge in [0.05, 0.1) is 9.75 Å². The number of thiophene rings is 4. The Kier molecular flexibility index (Phi) is 26.7. The first-order valence-corrected chi connectivity index (χ1v) is 38.8. The Morgan fingerprint density at radius 1 is 0.373 bits per heavy atom. The summed E-state index contributed by atoms with van der Waals surface area (Å²) >= 11 is 12.0. The minimum absolute atomic E-state index is 0.820. The predicted molar refractivity (Wildman–Crippen MR) is 349 cm³/mol. The highest BCUT2D eigenvalue weighted by Gasteiger charge is 2.49. The van der Waals surface area contributed by atoms with Gasteiger partial charge >= 0.3 is 0 Å². The van der Waals surface area contributed by atoms with Crippen LogP contribution in [0.25, 0.3) is 48.9 Å². The molecule has 0 fully saturated rings. The van der Waals surface area contributed by atoms with Gasteiger partial charge in [0.15, 0.2) is 9.66 Å². The molecule has 0 saturated heterocycles. The van der Waals surface area contributed by atoms with Crippen molar-refractivity contribution in [1.82, 2.24) is 9.97 Å². The van der Waals surface area contributed by atoms with E-state index < -0.39 is 8.07 Å². The summed E-state index contributed by atoms with van der Waals surface area (Å²) in [5.41, 5.74) is 3.04. The fourth-order valence-electron chi connectivity index (χ4n) is 12.6. The molecule has 7 rings (SSSR count). The van der Waals surface area contributed by atoms with Gasteiger partial charge in [0.2, 0.25) is 0 Å². The zero-order valence-corrected chi connectivity index (χ0v) is 54.7. The molecule has 416 valence electrons. The summed E-state index contributed by atoms with van der Waals surface area (Å²) in [6.07, 6.45) is 46.5. The Hall–Kier alpha value is -1.46. The van der Waals surface area contributed by atoms with Gasteiger partial charge in [0, 0.05) is 29.3 Å². The number of aromatic nitrogens is 2. The Balaban J connectivity index is 1.11. The molecule has 0 N–H and O–H groups in total. The van der Waals surface area contributed by atoms with Crippen LogP contribution in [0.3, 0.4) is 0 Å². The molecule has 6 aromatic heterocycles. The number of thiazole rings is 2. The molecule has 0 radical (unpaired) electrons. The largest absolute Gasteiger partial charge is 0.222 e. The molecule has 7 heterocycles. The van der Waals surface area contributed by atoms with Gasteiger partial charge in [-0.15, -0.1) is 45.3 Å². The summed E-state index contributed by atoms with van der Waals surface area (Å²) in [5, 5.41) is 6.03. The highest BCUT2D eigenvalue weighted by Crippen LogP contribution is 2.50. The van der Waals surface area contributed by atoms with E-state index in [2.05, 4.69) is 114 Å². The number of rotatable bonds is 41. The first-order chi connectivity index (χ1) is 36.7. The van der Waals surface area contributed by atoms with Crippen LogP contribution < -0.4 is 10.4 Å². The molecule has 2 atom stereocenters. The van der Waals surface area contributed by atoms with Gasteiger partial charge in [-0.05, 0) is 109 Å². The van der Waals surface area contributed by atoms with Crippen LogP contribution in [0.15, 0.2) is 24.3 Å². The van der Waals surface area contributed by atoms with E-state index >= 15 is 0 Å². The van der Waals surface area contributed by atoms with Crippen molar-refractivity contribution >= 4 is 96.1 Å². The monoisotopic (exact) mass is 1140 g/mol. The van der Waals surface area contributed by atoms with Crippen molar-refractivity contribution in [3.8, 4) is 39.3 Å². The molecular weight excluding hydrogens is 1040 g/mol. The van der Waals surface area contributed by atoms with Crippen molar-refractivity contribution in [3.63, 3.8) is 0 Å². The van der Waals surface area contributed by atoms with Crippen LogP contribution in [0.2, 0.25) is 12.1 Å². The zero-order valence-electron chi connectivity index (χ0n) is 48.8. The Morgan fingerprint density at radius 3 is 1.20 bits per heavy atom. The SMILES string of the molecule is CCCCCCCCCCCCCCc1cc(C)sc1-c1nc2sc(-c3sc(-c4cc5c(s4)-c4sc(C)cc4[Si]5(CC(CC)CCCC)CC(CC)CCCC)cc3CCCCCCCCCCCCCC)nc2s1. The lowest BCUT2D eigenvalue weighted by Gasteiger charge is -2.35. The van der Waals surface area contributed by atoms with Crippen molar-refractivity contribution in [2.45, 2.75) is 286 Å². The van der Waals surface area contributed by atoms with Gasteiger partial charge in [-0.25, -0.2) is 9.97 Å². The fraction of sp³-hybridized carbons (Fsp3) is 0.697. The average Bonchev–Trinajstić information content (AvgIpc) is 4.31. The molecule has 0 amide bonds. The van der Waals surface area contributed by atoms with Gasteiger partial charge < -0.3 is 0 Å². The Labute approximate surface area is 484 Å². The maximum Gasteiger partial charge on any atom is 0.155 e. The minimum atomic E-state index is -2.02. The van der Waals surface area contributed by atoms with E-state index in [-0.39, 0.29) is 0 Å². The minimum Gasteiger partial charge on any atom is -0.222 e. The Bertz CT molecular complexity index is 2480. The maximum atomic E-state index is 5.52.